The van der Waals surface area contributed by atoms with Gasteiger partial charge in [-0.25, -0.2) is 0 Å². The van der Waals surface area contributed by atoms with Crippen molar-refractivity contribution in [2.45, 2.75) is 18.9 Å². The molecule has 1 atom stereocenters. The number of carbonyl (C=O) groups is 1. The molecule has 17 heavy (non-hydrogen) atoms. The van der Waals surface area contributed by atoms with Crippen molar-refractivity contribution in [3.63, 3.8) is 0 Å². The van der Waals surface area contributed by atoms with Crippen LogP contribution in [0.5, 0.6) is 0 Å². The average molecular weight is 231 g/mol. The zero-order valence-electron chi connectivity index (χ0n) is 9.97. The van der Waals surface area contributed by atoms with Gasteiger partial charge in [-0.15, -0.1) is 0 Å². The first-order chi connectivity index (χ1) is 8.07. The lowest BCUT2D eigenvalue weighted by Gasteiger charge is -2.17. The topological polar surface area (TPSA) is 40.5 Å². The summed E-state index contributed by atoms with van der Waals surface area (Å²) < 4.78 is 0. The second-order valence-electron chi connectivity index (χ2n) is 4.75. The molecule has 0 spiro atoms. The summed E-state index contributed by atoms with van der Waals surface area (Å²) in [5.41, 5.74) is 0.280. The summed E-state index contributed by atoms with van der Waals surface area (Å²) in [6.45, 7) is 2.82. The van der Waals surface area contributed by atoms with Gasteiger partial charge in [0.05, 0.1) is 5.60 Å². The smallest absolute Gasteiger partial charge is 0.246 e. The van der Waals surface area contributed by atoms with Crippen molar-refractivity contribution in [1.29, 1.82) is 0 Å². The number of β-amino-alcohol motifs (C(OH)–C–C–N with tert-alkyl or cyclic N) is 1. The van der Waals surface area contributed by atoms with E-state index in [0.29, 0.717) is 19.5 Å². The molecule has 1 unspecified atom stereocenters. The van der Waals surface area contributed by atoms with E-state index >= 15 is 0 Å². The molecule has 0 aliphatic carbocycles. The highest BCUT2D eigenvalue weighted by Crippen LogP contribution is 2.20. The Labute approximate surface area is 101 Å². The summed E-state index contributed by atoms with van der Waals surface area (Å²) in [5, 5.41) is 9.78. The van der Waals surface area contributed by atoms with E-state index in [9.17, 15) is 9.90 Å². The van der Waals surface area contributed by atoms with E-state index in [0.717, 1.165) is 5.56 Å². The van der Waals surface area contributed by atoms with Gasteiger partial charge in [0.1, 0.15) is 0 Å². The molecular formula is C14H17NO2. The van der Waals surface area contributed by atoms with Crippen LogP contribution in [0.2, 0.25) is 0 Å². The number of carbonyl (C=O) groups excluding carboxylic acids is 1. The maximum Gasteiger partial charge on any atom is 0.246 e. The predicted octanol–water partition coefficient (Wildman–Crippen LogP) is 1.68. The third kappa shape index (κ3) is 3.17. The Balaban J connectivity index is 1.96. The molecule has 0 saturated carbocycles. The SMILES string of the molecule is CC1(O)CCN(C(=O)/C=C/c2ccccc2)C1. The lowest BCUT2D eigenvalue weighted by Crippen LogP contribution is -2.32. The molecule has 90 valence electrons. The highest BCUT2D eigenvalue weighted by atomic mass is 16.3. The number of nitrogens with zero attached hydrogens (tertiary/aromatic N) is 1. The van der Waals surface area contributed by atoms with Crippen molar-refractivity contribution in [3.05, 3.63) is 42.0 Å². The molecule has 1 aromatic carbocycles. The molecule has 1 aliphatic rings. The van der Waals surface area contributed by atoms with Crippen LogP contribution in [0.3, 0.4) is 0 Å². The van der Waals surface area contributed by atoms with Gasteiger partial charge in [-0.1, -0.05) is 30.3 Å². The fraction of sp³-hybridized carbons (Fsp3) is 0.357. The van der Waals surface area contributed by atoms with Crippen LogP contribution in [-0.4, -0.2) is 34.6 Å². The van der Waals surface area contributed by atoms with Crippen molar-refractivity contribution < 1.29 is 9.90 Å². The molecule has 1 heterocycles. The van der Waals surface area contributed by atoms with Gasteiger partial charge in [0.25, 0.3) is 0 Å². The highest BCUT2D eigenvalue weighted by Gasteiger charge is 2.32. The normalized spacial score (nSPS) is 24.5. The monoisotopic (exact) mass is 231 g/mol. The summed E-state index contributed by atoms with van der Waals surface area (Å²) in [5.74, 6) is -0.0355. The van der Waals surface area contributed by atoms with Gasteiger partial charge in [-0.3, -0.25) is 4.79 Å². The second-order valence-corrected chi connectivity index (χ2v) is 4.75. The maximum atomic E-state index is 11.8. The van der Waals surface area contributed by atoms with Crippen LogP contribution in [0.1, 0.15) is 18.9 Å². The molecule has 0 aromatic heterocycles. The van der Waals surface area contributed by atoms with Gasteiger partial charge in [0.2, 0.25) is 5.91 Å². The van der Waals surface area contributed by atoms with Gasteiger partial charge in [-0.2, -0.15) is 0 Å². The zero-order chi connectivity index (χ0) is 12.3. The maximum absolute atomic E-state index is 11.8. The standard InChI is InChI=1S/C14H17NO2/c1-14(17)9-10-15(11-14)13(16)8-7-12-5-3-2-4-6-12/h2-8,17H,9-11H2,1H3/b8-7+. The van der Waals surface area contributed by atoms with E-state index in [1.54, 1.807) is 24.0 Å². The fourth-order valence-electron chi connectivity index (χ4n) is 1.97. The second kappa shape index (κ2) is 4.72. The van der Waals surface area contributed by atoms with Crippen LogP contribution < -0.4 is 0 Å². The van der Waals surface area contributed by atoms with Crippen molar-refractivity contribution in [2.75, 3.05) is 13.1 Å². The number of rotatable bonds is 2. The van der Waals surface area contributed by atoms with Gasteiger partial charge >= 0.3 is 0 Å². The Morgan fingerprint density at radius 3 is 2.71 bits per heavy atom. The van der Waals surface area contributed by atoms with Crippen molar-refractivity contribution in [2.24, 2.45) is 0 Å². The van der Waals surface area contributed by atoms with E-state index in [2.05, 4.69) is 0 Å². The number of likely N-dealkylation sites (tertiary alicyclic amines) is 1. The molecule has 0 radical (unpaired) electrons. The first-order valence-corrected chi connectivity index (χ1v) is 5.81. The number of hydrogen-bond acceptors (Lipinski definition) is 2. The Kier molecular flexibility index (Phi) is 3.29. The van der Waals surface area contributed by atoms with Crippen LogP contribution >= 0.6 is 0 Å². The van der Waals surface area contributed by atoms with Crippen LogP contribution in [-0.2, 0) is 4.79 Å². The van der Waals surface area contributed by atoms with E-state index in [1.807, 2.05) is 30.3 Å². The van der Waals surface area contributed by atoms with E-state index < -0.39 is 5.60 Å². The highest BCUT2D eigenvalue weighted by molar-refractivity contribution is 5.92. The van der Waals surface area contributed by atoms with Gasteiger partial charge < -0.3 is 10.0 Å². The molecule has 1 amide bonds. The van der Waals surface area contributed by atoms with Crippen LogP contribution in [0.15, 0.2) is 36.4 Å². The number of aliphatic hydroxyl groups is 1. The first kappa shape index (κ1) is 11.9. The Bertz CT molecular complexity index is 423. The summed E-state index contributed by atoms with van der Waals surface area (Å²) >= 11 is 0. The molecule has 3 nitrogen and oxygen atoms in total. The molecule has 1 fully saturated rings. The summed E-state index contributed by atoms with van der Waals surface area (Å²) in [4.78, 5) is 13.5. The fourth-order valence-corrected chi connectivity index (χ4v) is 1.97. The quantitative estimate of drug-likeness (QED) is 0.787. The first-order valence-electron chi connectivity index (χ1n) is 5.81. The number of amides is 1. The molecule has 1 saturated heterocycles. The van der Waals surface area contributed by atoms with Gasteiger partial charge in [0, 0.05) is 19.2 Å². The summed E-state index contributed by atoms with van der Waals surface area (Å²) in [6, 6.07) is 9.71. The lowest BCUT2D eigenvalue weighted by molar-refractivity contribution is -0.125. The molecule has 2 rings (SSSR count). The van der Waals surface area contributed by atoms with Crippen LogP contribution in [0, 0.1) is 0 Å². The third-order valence-electron chi connectivity index (χ3n) is 2.98. The van der Waals surface area contributed by atoms with Crippen molar-refractivity contribution in [1.82, 2.24) is 4.90 Å². The van der Waals surface area contributed by atoms with Crippen LogP contribution in [0.4, 0.5) is 0 Å². The Morgan fingerprint density at radius 1 is 1.41 bits per heavy atom. The third-order valence-corrected chi connectivity index (χ3v) is 2.98. The molecule has 3 heteroatoms. The lowest BCUT2D eigenvalue weighted by atomic mass is 10.1. The molecular weight excluding hydrogens is 214 g/mol. The van der Waals surface area contributed by atoms with E-state index in [4.69, 9.17) is 0 Å². The van der Waals surface area contributed by atoms with E-state index in [-0.39, 0.29) is 5.91 Å². The average Bonchev–Trinajstić information content (AvgIpc) is 2.68. The number of benzene rings is 1. The predicted molar refractivity (Wildman–Crippen MR) is 67.3 cm³/mol. The molecule has 1 N–H and O–H groups in total. The van der Waals surface area contributed by atoms with E-state index in [1.165, 1.54) is 0 Å². The van der Waals surface area contributed by atoms with Crippen LogP contribution in [0.25, 0.3) is 6.08 Å². The molecule has 1 aromatic rings. The summed E-state index contributed by atoms with van der Waals surface area (Å²) in [6.07, 6.45) is 4.02. The van der Waals surface area contributed by atoms with Crippen molar-refractivity contribution >= 4 is 12.0 Å². The molecule has 1 aliphatic heterocycles. The largest absolute Gasteiger partial charge is 0.388 e. The summed E-state index contributed by atoms with van der Waals surface area (Å²) in [7, 11) is 0. The zero-order valence-corrected chi connectivity index (χ0v) is 9.97. The Hall–Kier alpha value is -1.61. The minimum absolute atomic E-state index is 0.0355. The Morgan fingerprint density at radius 2 is 2.12 bits per heavy atom. The molecule has 0 bridgehead atoms. The number of hydrogen-bond donors (Lipinski definition) is 1. The minimum atomic E-state index is -0.726. The van der Waals surface area contributed by atoms with Crippen molar-refractivity contribution in [3.8, 4) is 0 Å². The van der Waals surface area contributed by atoms with Gasteiger partial charge in [-0.05, 0) is 25.0 Å². The van der Waals surface area contributed by atoms with Gasteiger partial charge in [0.15, 0.2) is 0 Å². The minimum Gasteiger partial charge on any atom is -0.388 e.